The van der Waals surface area contributed by atoms with E-state index in [4.69, 9.17) is 0 Å². The molecule has 1 aromatic heterocycles. The lowest BCUT2D eigenvalue weighted by atomic mass is 9.94. The summed E-state index contributed by atoms with van der Waals surface area (Å²) in [6, 6.07) is 8.66. The molecule has 0 unspecified atom stereocenters. The summed E-state index contributed by atoms with van der Waals surface area (Å²) >= 11 is 0. The summed E-state index contributed by atoms with van der Waals surface area (Å²) in [6.45, 7) is 7.61. The van der Waals surface area contributed by atoms with E-state index < -0.39 is 10.0 Å². The van der Waals surface area contributed by atoms with E-state index in [1.807, 2.05) is 32.9 Å². The van der Waals surface area contributed by atoms with Gasteiger partial charge in [-0.25, -0.2) is 16.8 Å². The molecule has 2 aliphatic rings. The number of aryl methyl sites for hydroxylation is 3. The number of halogens is 1. The number of rotatable bonds is 3. The molecule has 31 heavy (non-hydrogen) atoms. The number of benzene rings is 2. The van der Waals surface area contributed by atoms with Gasteiger partial charge in [-0.05, 0) is 81.5 Å². The lowest BCUT2D eigenvalue weighted by Gasteiger charge is -2.29. The molecule has 3 aromatic rings. The Labute approximate surface area is 183 Å². The Morgan fingerprint density at radius 3 is 2.55 bits per heavy atom. The van der Waals surface area contributed by atoms with Crippen molar-refractivity contribution in [3.05, 3.63) is 70.7 Å². The predicted molar refractivity (Wildman–Crippen MR) is 122 cm³/mol. The standard InChI is InChI=1S/C25H27FN2O2S/c1-16-11-17(2)25(18(3)12-16)31(29,30)28-15-23(22-14-20(26)6-7-24(22)28)19-8-10-27-9-4-5-21(27)13-19/h6-8,11-12,14-15,21H,4-5,9-10,13H2,1-3H3/t21-/m0/s1. The van der Waals surface area contributed by atoms with Gasteiger partial charge in [0.25, 0.3) is 10.0 Å². The molecule has 0 spiro atoms. The van der Waals surface area contributed by atoms with Gasteiger partial charge in [0, 0.05) is 29.7 Å². The normalized spacial score (nSPS) is 19.6. The molecule has 0 N–H and O–H groups in total. The molecule has 6 heteroatoms. The fourth-order valence-electron chi connectivity index (χ4n) is 5.45. The lowest BCUT2D eigenvalue weighted by Crippen LogP contribution is -2.32. The molecule has 0 saturated carbocycles. The van der Waals surface area contributed by atoms with E-state index in [2.05, 4.69) is 11.0 Å². The van der Waals surface area contributed by atoms with Crippen molar-refractivity contribution in [1.29, 1.82) is 0 Å². The first-order valence-electron chi connectivity index (χ1n) is 10.8. The highest BCUT2D eigenvalue weighted by Gasteiger charge is 2.31. The number of aromatic nitrogens is 1. The maximum Gasteiger partial charge on any atom is 0.268 e. The SMILES string of the molecule is Cc1cc(C)c(S(=O)(=O)n2cc(C3=CCN4CCC[C@H]4C3)c3cc(F)ccc32)c(C)c1. The van der Waals surface area contributed by atoms with E-state index in [0.717, 1.165) is 53.8 Å². The van der Waals surface area contributed by atoms with Gasteiger partial charge < -0.3 is 0 Å². The Kier molecular flexibility index (Phi) is 4.83. The van der Waals surface area contributed by atoms with E-state index in [9.17, 15) is 12.8 Å². The molecule has 0 bridgehead atoms. The van der Waals surface area contributed by atoms with E-state index in [1.165, 1.54) is 22.5 Å². The largest absolute Gasteiger partial charge is 0.296 e. The van der Waals surface area contributed by atoms with Crippen LogP contribution in [0, 0.1) is 26.6 Å². The molecule has 1 fully saturated rings. The quantitative estimate of drug-likeness (QED) is 0.565. The van der Waals surface area contributed by atoms with Gasteiger partial charge in [-0.2, -0.15) is 0 Å². The average Bonchev–Trinajstić information content (AvgIpc) is 3.30. The van der Waals surface area contributed by atoms with Gasteiger partial charge in [0.15, 0.2) is 0 Å². The van der Waals surface area contributed by atoms with Gasteiger partial charge in [-0.1, -0.05) is 23.8 Å². The van der Waals surface area contributed by atoms with Crippen LogP contribution in [0.1, 0.15) is 41.5 Å². The zero-order valence-electron chi connectivity index (χ0n) is 18.2. The maximum absolute atomic E-state index is 14.2. The zero-order valence-corrected chi connectivity index (χ0v) is 19.0. The van der Waals surface area contributed by atoms with Crippen LogP contribution < -0.4 is 0 Å². The molecule has 162 valence electrons. The minimum Gasteiger partial charge on any atom is -0.296 e. The average molecular weight is 439 g/mol. The van der Waals surface area contributed by atoms with Crippen molar-refractivity contribution in [3.63, 3.8) is 0 Å². The summed E-state index contributed by atoms with van der Waals surface area (Å²) in [5, 5.41) is 0.656. The first-order valence-corrected chi connectivity index (χ1v) is 12.3. The number of hydrogen-bond acceptors (Lipinski definition) is 3. The maximum atomic E-state index is 14.2. The molecule has 5 rings (SSSR count). The minimum atomic E-state index is -3.84. The highest BCUT2D eigenvalue weighted by molar-refractivity contribution is 7.90. The Hall–Kier alpha value is -2.44. The monoisotopic (exact) mass is 438 g/mol. The molecule has 3 heterocycles. The van der Waals surface area contributed by atoms with Gasteiger partial charge in [0.1, 0.15) is 5.82 Å². The Morgan fingerprint density at radius 1 is 1.06 bits per heavy atom. The lowest BCUT2D eigenvalue weighted by molar-refractivity contribution is 0.275. The third kappa shape index (κ3) is 3.33. The second kappa shape index (κ2) is 7.31. The molecule has 0 amide bonds. The highest BCUT2D eigenvalue weighted by atomic mass is 32.2. The van der Waals surface area contributed by atoms with Gasteiger partial charge in [0.05, 0.1) is 10.4 Å². The second-order valence-corrected chi connectivity index (χ2v) is 10.7. The smallest absolute Gasteiger partial charge is 0.268 e. The summed E-state index contributed by atoms with van der Waals surface area (Å²) < 4.78 is 43.2. The number of nitrogens with zero attached hydrogens (tertiary/aromatic N) is 2. The molecular weight excluding hydrogens is 411 g/mol. The topological polar surface area (TPSA) is 42.3 Å². The zero-order chi connectivity index (χ0) is 21.9. The Bertz CT molecular complexity index is 1310. The van der Waals surface area contributed by atoms with Crippen molar-refractivity contribution in [3.8, 4) is 0 Å². The van der Waals surface area contributed by atoms with Crippen LogP contribution in [0.2, 0.25) is 0 Å². The molecule has 0 aliphatic carbocycles. The predicted octanol–water partition coefficient (Wildman–Crippen LogP) is 5.19. The first kappa shape index (κ1) is 20.5. The van der Waals surface area contributed by atoms with Crippen LogP contribution in [0.15, 0.2) is 47.5 Å². The van der Waals surface area contributed by atoms with Crippen LogP contribution in [0.4, 0.5) is 4.39 Å². The first-order chi connectivity index (χ1) is 14.8. The molecule has 2 aromatic carbocycles. The van der Waals surface area contributed by atoms with Crippen molar-refractivity contribution >= 4 is 26.5 Å². The van der Waals surface area contributed by atoms with E-state index in [0.29, 0.717) is 21.8 Å². The second-order valence-electron chi connectivity index (χ2n) is 8.96. The summed E-state index contributed by atoms with van der Waals surface area (Å²) in [7, 11) is -3.84. The van der Waals surface area contributed by atoms with Crippen molar-refractivity contribution in [2.45, 2.75) is 51.0 Å². The van der Waals surface area contributed by atoms with Crippen molar-refractivity contribution in [1.82, 2.24) is 8.87 Å². The van der Waals surface area contributed by atoms with Crippen molar-refractivity contribution in [2.75, 3.05) is 13.1 Å². The summed E-state index contributed by atoms with van der Waals surface area (Å²) in [5.74, 6) is -0.356. The number of fused-ring (bicyclic) bond motifs is 2. The van der Waals surface area contributed by atoms with E-state index in [1.54, 1.807) is 12.3 Å². The third-order valence-electron chi connectivity index (χ3n) is 6.73. The van der Waals surface area contributed by atoms with Gasteiger partial charge >= 0.3 is 0 Å². The highest BCUT2D eigenvalue weighted by Crippen LogP contribution is 2.38. The van der Waals surface area contributed by atoms with Crippen LogP contribution in [0.3, 0.4) is 0 Å². The molecular formula is C25H27FN2O2S. The molecule has 0 radical (unpaired) electrons. The van der Waals surface area contributed by atoms with Crippen LogP contribution in [0.25, 0.3) is 16.5 Å². The van der Waals surface area contributed by atoms with Crippen LogP contribution in [0.5, 0.6) is 0 Å². The summed E-state index contributed by atoms with van der Waals surface area (Å²) in [6.07, 6.45) is 7.11. The molecule has 1 atom stereocenters. The summed E-state index contributed by atoms with van der Waals surface area (Å²) in [5.41, 5.74) is 4.94. The van der Waals surface area contributed by atoms with Crippen molar-refractivity contribution in [2.24, 2.45) is 0 Å². The molecule has 4 nitrogen and oxygen atoms in total. The van der Waals surface area contributed by atoms with Gasteiger partial charge in [0.2, 0.25) is 0 Å². The van der Waals surface area contributed by atoms with Crippen LogP contribution in [-0.4, -0.2) is 36.4 Å². The van der Waals surface area contributed by atoms with E-state index >= 15 is 0 Å². The molecule has 1 saturated heterocycles. The number of hydrogen-bond donors (Lipinski definition) is 0. The Morgan fingerprint density at radius 2 is 1.81 bits per heavy atom. The fraction of sp³-hybridized carbons (Fsp3) is 0.360. The van der Waals surface area contributed by atoms with E-state index in [-0.39, 0.29) is 5.82 Å². The van der Waals surface area contributed by atoms with Crippen LogP contribution in [-0.2, 0) is 10.0 Å². The fourth-order valence-corrected chi connectivity index (χ4v) is 7.24. The Balaban J connectivity index is 1.71. The molecule has 2 aliphatic heterocycles. The minimum absolute atomic E-state index is 0.325. The van der Waals surface area contributed by atoms with Crippen LogP contribution >= 0.6 is 0 Å². The summed E-state index contributed by atoms with van der Waals surface area (Å²) in [4.78, 5) is 2.80. The van der Waals surface area contributed by atoms with Crippen molar-refractivity contribution < 1.29 is 12.8 Å². The third-order valence-corrected chi connectivity index (χ3v) is 8.71. The van der Waals surface area contributed by atoms with Gasteiger partial charge in [-0.3, -0.25) is 4.90 Å². The van der Waals surface area contributed by atoms with Gasteiger partial charge in [-0.15, -0.1) is 0 Å².